The Balaban J connectivity index is 1.24. The summed E-state index contributed by atoms with van der Waals surface area (Å²) in [7, 11) is 0. The first-order chi connectivity index (χ1) is 24.0. The minimum Gasteiger partial charge on any atom is -0.293 e. The molecule has 7 heteroatoms. The molecule has 0 spiro atoms. The van der Waals surface area contributed by atoms with Crippen LogP contribution in [0.25, 0.3) is 56.4 Å². The molecule has 0 radical (unpaired) electrons. The van der Waals surface area contributed by atoms with Crippen molar-refractivity contribution in [1.29, 1.82) is 16.1 Å². The maximum atomic E-state index is 10.0. The van der Waals surface area contributed by atoms with Gasteiger partial charge < -0.3 is 0 Å². The lowest BCUT2D eigenvalue weighted by Gasteiger charge is -2.12. The molecular formula is C42H28N6S. The number of hydrogen-bond donors (Lipinski definition) is 2. The minimum absolute atomic E-state index is 0.280. The van der Waals surface area contributed by atoms with E-state index in [9.17, 15) is 5.26 Å². The van der Waals surface area contributed by atoms with E-state index in [0.29, 0.717) is 33.6 Å². The summed E-state index contributed by atoms with van der Waals surface area (Å²) in [4.78, 5) is 14.6. The lowest BCUT2D eigenvalue weighted by Crippen LogP contribution is -2.01. The van der Waals surface area contributed by atoms with E-state index in [2.05, 4.69) is 12.1 Å². The first kappa shape index (κ1) is 31.1. The molecule has 0 saturated heterocycles. The second kappa shape index (κ2) is 14.1. The highest BCUT2D eigenvalue weighted by Gasteiger charge is 2.14. The van der Waals surface area contributed by atoms with Gasteiger partial charge in [0, 0.05) is 27.8 Å². The summed E-state index contributed by atoms with van der Waals surface area (Å²) in [5, 5.41) is 27.8. The summed E-state index contributed by atoms with van der Waals surface area (Å²) < 4.78 is 0. The lowest BCUT2D eigenvalue weighted by molar-refractivity contribution is 1.07. The van der Waals surface area contributed by atoms with Crippen LogP contribution in [0, 0.1) is 22.1 Å². The van der Waals surface area contributed by atoms with Crippen LogP contribution in [-0.4, -0.2) is 25.0 Å². The first-order valence-corrected chi connectivity index (χ1v) is 16.4. The van der Waals surface area contributed by atoms with Gasteiger partial charge >= 0.3 is 0 Å². The molecule has 0 fully saturated rings. The van der Waals surface area contributed by atoms with Crippen molar-refractivity contribution in [3.05, 3.63) is 174 Å². The van der Waals surface area contributed by atoms with Crippen molar-refractivity contribution in [2.45, 2.75) is 0 Å². The molecule has 0 bridgehead atoms. The second-order valence-corrected chi connectivity index (χ2v) is 12.3. The maximum Gasteiger partial charge on any atom is 0.164 e. The van der Waals surface area contributed by atoms with Gasteiger partial charge in [-0.05, 0) is 52.6 Å². The molecule has 0 amide bonds. The molecule has 0 aliphatic heterocycles. The van der Waals surface area contributed by atoms with Crippen LogP contribution in [0.3, 0.4) is 0 Å². The van der Waals surface area contributed by atoms with Gasteiger partial charge in [-0.15, -0.1) is 0 Å². The highest BCUT2D eigenvalue weighted by molar-refractivity contribution is 8.27. The number of nitrogens with one attached hydrogen (secondary N) is 2. The molecule has 6 nitrogen and oxygen atoms in total. The van der Waals surface area contributed by atoms with E-state index < -0.39 is 0 Å². The summed E-state index contributed by atoms with van der Waals surface area (Å²) in [6.07, 6.45) is 0. The molecule has 1 aromatic heterocycles. The maximum absolute atomic E-state index is 10.0. The van der Waals surface area contributed by atoms with Crippen molar-refractivity contribution in [3.8, 4) is 62.5 Å². The van der Waals surface area contributed by atoms with Crippen molar-refractivity contribution in [2.75, 3.05) is 0 Å². The van der Waals surface area contributed by atoms with E-state index >= 15 is 0 Å². The zero-order valence-corrected chi connectivity index (χ0v) is 27.0. The fourth-order valence-corrected chi connectivity index (χ4v) is 6.15. The Labute approximate surface area is 288 Å². The van der Waals surface area contributed by atoms with Crippen LogP contribution in [0.15, 0.2) is 158 Å². The van der Waals surface area contributed by atoms with Crippen molar-refractivity contribution >= 4 is 21.8 Å². The van der Waals surface area contributed by atoms with E-state index in [0.717, 1.165) is 56.3 Å². The molecule has 0 unspecified atom stereocenters. The Kier molecular flexibility index (Phi) is 8.96. The summed E-state index contributed by atoms with van der Waals surface area (Å²) >= 11 is 1.11. The molecule has 7 aromatic rings. The largest absolute Gasteiger partial charge is 0.293 e. The summed E-state index contributed by atoms with van der Waals surface area (Å²) in [5.41, 5.74) is 8.14. The molecular weight excluding hydrogens is 621 g/mol. The van der Waals surface area contributed by atoms with Gasteiger partial charge in [0.05, 0.1) is 11.6 Å². The van der Waals surface area contributed by atoms with Crippen molar-refractivity contribution in [3.63, 3.8) is 0 Å². The molecule has 2 N–H and O–H groups in total. The Morgan fingerprint density at radius 1 is 0.429 bits per heavy atom. The fraction of sp³-hybridized carbons (Fsp3) is 0. The van der Waals surface area contributed by atoms with Gasteiger partial charge in [-0.3, -0.25) is 10.8 Å². The number of nitrogens with zero attached hydrogens (tertiary/aromatic N) is 4. The van der Waals surface area contributed by atoms with Gasteiger partial charge in [0.15, 0.2) is 17.5 Å². The molecule has 0 aliphatic carbocycles. The Morgan fingerprint density at radius 2 is 0.837 bits per heavy atom. The lowest BCUT2D eigenvalue weighted by atomic mass is 9.95. The van der Waals surface area contributed by atoms with Crippen LogP contribution in [0.4, 0.5) is 0 Å². The predicted octanol–water partition coefficient (Wildman–Crippen LogP) is 10.2. The Hall–Kier alpha value is -6.49. The van der Waals surface area contributed by atoms with Gasteiger partial charge in [-0.1, -0.05) is 139 Å². The summed E-state index contributed by atoms with van der Waals surface area (Å²) in [6.45, 7) is 0. The van der Waals surface area contributed by atoms with Gasteiger partial charge in [0.1, 0.15) is 10.1 Å². The van der Waals surface area contributed by atoms with Crippen LogP contribution in [-0.2, 0) is 0 Å². The van der Waals surface area contributed by atoms with Crippen LogP contribution >= 0.6 is 11.8 Å². The minimum atomic E-state index is 0.280. The quantitative estimate of drug-likeness (QED) is 0.132. The summed E-state index contributed by atoms with van der Waals surface area (Å²) in [5.74, 6) is 1.73. The SMILES string of the molecule is N#Cc1cc(-c2cccc(C(=N)SC(=N)c3ccccc3)c2)cc(-c2cccc(-c3nc(-c4ccccc4)nc(-c4ccccc4)n3)c2)c1. The number of benzene rings is 6. The summed E-state index contributed by atoms with van der Waals surface area (Å²) in [6, 6.07) is 53.0. The predicted molar refractivity (Wildman–Crippen MR) is 199 cm³/mol. The van der Waals surface area contributed by atoms with Crippen LogP contribution in [0.1, 0.15) is 16.7 Å². The van der Waals surface area contributed by atoms with E-state index in [1.165, 1.54) is 0 Å². The molecule has 0 aliphatic rings. The Morgan fingerprint density at radius 3 is 1.41 bits per heavy atom. The topological polar surface area (TPSA) is 110 Å². The van der Waals surface area contributed by atoms with E-state index in [4.69, 9.17) is 25.8 Å². The number of nitriles is 1. The average Bonchev–Trinajstić information content (AvgIpc) is 3.18. The number of aromatic nitrogens is 3. The van der Waals surface area contributed by atoms with Gasteiger partial charge in [-0.25, -0.2) is 15.0 Å². The third-order valence-corrected chi connectivity index (χ3v) is 8.79. The zero-order valence-electron chi connectivity index (χ0n) is 26.2. The van der Waals surface area contributed by atoms with Crippen molar-refractivity contribution < 1.29 is 0 Å². The van der Waals surface area contributed by atoms with E-state index in [1.807, 2.05) is 152 Å². The smallest absolute Gasteiger partial charge is 0.164 e. The van der Waals surface area contributed by atoms with E-state index in [-0.39, 0.29) is 5.04 Å². The first-order valence-electron chi connectivity index (χ1n) is 15.6. The zero-order chi connectivity index (χ0) is 33.6. The van der Waals surface area contributed by atoms with Gasteiger partial charge in [0.25, 0.3) is 0 Å². The number of thioether (sulfide) groups is 1. The molecule has 0 saturated carbocycles. The van der Waals surface area contributed by atoms with Crippen LogP contribution in [0.5, 0.6) is 0 Å². The monoisotopic (exact) mass is 648 g/mol. The fourth-order valence-electron chi connectivity index (χ4n) is 5.45. The second-order valence-electron chi connectivity index (χ2n) is 11.2. The Bertz CT molecular complexity index is 2290. The van der Waals surface area contributed by atoms with E-state index in [1.54, 1.807) is 0 Å². The third-order valence-electron chi connectivity index (χ3n) is 7.91. The highest BCUT2D eigenvalue weighted by atomic mass is 32.2. The van der Waals surface area contributed by atoms with Gasteiger partial charge in [-0.2, -0.15) is 5.26 Å². The number of rotatable bonds is 7. The highest BCUT2D eigenvalue weighted by Crippen LogP contribution is 2.32. The standard InChI is InChI=1S/C42H28N6S/c43-27-28-22-36(32-18-10-20-34(24-32)39(45)49-38(44)29-12-4-1-5-13-29)26-37(23-28)33-19-11-21-35(25-33)42-47-40(30-14-6-2-7-15-30)46-41(48-42)31-16-8-3-9-17-31/h1-26,44-45H. The third kappa shape index (κ3) is 7.10. The van der Waals surface area contributed by atoms with Gasteiger partial charge in [0.2, 0.25) is 0 Å². The van der Waals surface area contributed by atoms with Crippen molar-refractivity contribution in [1.82, 2.24) is 15.0 Å². The molecule has 1 heterocycles. The molecule has 232 valence electrons. The number of hydrogen-bond acceptors (Lipinski definition) is 7. The van der Waals surface area contributed by atoms with Crippen LogP contribution in [0.2, 0.25) is 0 Å². The normalized spacial score (nSPS) is 10.7. The molecule has 0 atom stereocenters. The molecule has 7 rings (SSSR count). The average molecular weight is 649 g/mol. The molecule has 49 heavy (non-hydrogen) atoms. The molecule has 6 aromatic carbocycles. The van der Waals surface area contributed by atoms with Crippen molar-refractivity contribution in [2.24, 2.45) is 0 Å². The van der Waals surface area contributed by atoms with Crippen LogP contribution < -0.4 is 0 Å².